The summed E-state index contributed by atoms with van der Waals surface area (Å²) in [5, 5.41) is 3.06. The molecule has 0 spiro atoms. The molecule has 0 aliphatic heterocycles. The van der Waals surface area contributed by atoms with Crippen LogP contribution in [-0.2, 0) is 0 Å². The van der Waals surface area contributed by atoms with Crippen molar-refractivity contribution in [3.63, 3.8) is 0 Å². The molecule has 0 fully saturated rings. The molecule has 0 saturated heterocycles. The molecule has 0 heterocycles. The molecule has 1 aromatic carbocycles. The van der Waals surface area contributed by atoms with Gasteiger partial charge >= 0.3 is 0 Å². The lowest BCUT2D eigenvalue weighted by atomic mass is 10.3. The minimum Gasteiger partial charge on any atom is -0.381 e. The smallest absolute Gasteiger partial charge is 0.126 e. The summed E-state index contributed by atoms with van der Waals surface area (Å²) in [5.41, 5.74) is 1.77. The predicted octanol–water partition coefficient (Wildman–Crippen LogP) is 3.58. The number of halogens is 2. The summed E-state index contributed by atoms with van der Waals surface area (Å²) in [5.74, 6) is -0.251. The Labute approximate surface area is 85.8 Å². The summed E-state index contributed by atoms with van der Waals surface area (Å²) in [4.78, 5) is 0. The zero-order valence-corrected chi connectivity index (χ0v) is 8.99. The van der Waals surface area contributed by atoms with Crippen LogP contribution in [0.5, 0.6) is 0 Å². The van der Waals surface area contributed by atoms with E-state index in [0.717, 1.165) is 15.7 Å². The summed E-state index contributed by atoms with van der Waals surface area (Å²) in [6.45, 7) is 6.33. The average Bonchev–Trinajstić information content (AvgIpc) is 1.99. The third-order valence-corrected chi connectivity index (χ3v) is 1.91. The maximum Gasteiger partial charge on any atom is 0.126 e. The lowest BCUT2D eigenvalue weighted by molar-refractivity contribution is 0.627. The zero-order chi connectivity index (χ0) is 9.84. The molecule has 0 aliphatic carbocycles. The molecule has 1 rings (SSSR count). The molecule has 0 aromatic heterocycles. The Morgan fingerprint density at radius 3 is 2.77 bits per heavy atom. The van der Waals surface area contributed by atoms with Crippen molar-refractivity contribution in [3.05, 3.63) is 40.6 Å². The first-order valence-electron chi connectivity index (χ1n) is 3.92. The third kappa shape index (κ3) is 3.59. The first-order chi connectivity index (χ1) is 6.08. The van der Waals surface area contributed by atoms with E-state index in [2.05, 4.69) is 27.8 Å². The minimum absolute atomic E-state index is 0.251. The van der Waals surface area contributed by atoms with Crippen LogP contribution in [0.1, 0.15) is 6.92 Å². The van der Waals surface area contributed by atoms with Gasteiger partial charge in [-0.1, -0.05) is 28.1 Å². The standard InChI is InChI=1S/C10H11BrFN/c1-7(2)6-13-10-4-8(11)3-9(12)5-10/h3-5,13H,1,6H2,2H3. The second kappa shape index (κ2) is 4.42. The van der Waals surface area contributed by atoms with Crippen LogP contribution in [0.3, 0.4) is 0 Å². The lowest BCUT2D eigenvalue weighted by Crippen LogP contribution is -2.01. The summed E-state index contributed by atoms with van der Waals surface area (Å²) in [6, 6.07) is 4.70. The van der Waals surface area contributed by atoms with Gasteiger partial charge in [0.2, 0.25) is 0 Å². The molecule has 1 aromatic rings. The number of rotatable bonds is 3. The van der Waals surface area contributed by atoms with Crippen LogP contribution in [0.2, 0.25) is 0 Å². The van der Waals surface area contributed by atoms with Gasteiger partial charge in [0.15, 0.2) is 0 Å². The van der Waals surface area contributed by atoms with Crippen LogP contribution in [0.25, 0.3) is 0 Å². The SMILES string of the molecule is C=C(C)CNc1cc(F)cc(Br)c1. The average molecular weight is 244 g/mol. The fourth-order valence-corrected chi connectivity index (χ4v) is 1.37. The molecule has 0 bridgehead atoms. The molecule has 3 heteroatoms. The molecular weight excluding hydrogens is 233 g/mol. The van der Waals surface area contributed by atoms with Crippen molar-refractivity contribution in [1.82, 2.24) is 0 Å². The van der Waals surface area contributed by atoms with E-state index in [1.807, 2.05) is 13.0 Å². The van der Waals surface area contributed by atoms with Gasteiger partial charge in [-0.15, -0.1) is 0 Å². The first kappa shape index (κ1) is 10.3. The number of anilines is 1. The van der Waals surface area contributed by atoms with Crippen LogP contribution < -0.4 is 5.32 Å². The molecule has 70 valence electrons. The van der Waals surface area contributed by atoms with Crippen molar-refractivity contribution >= 4 is 21.6 Å². The van der Waals surface area contributed by atoms with Crippen molar-refractivity contribution < 1.29 is 4.39 Å². The molecule has 13 heavy (non-hydrogen) atoms. The molecule has 1 N–H and O–H groups in total. The highest BCUT2D eigenvalue weighted by atomic mass is 79.9. The second-order valence-corrected chi connectivity index (χ2v) is 3.88. The number of benzene rings is 1. The Bertz CT molecular complexity index is 302. The van der Waals surface area contributed by atoms with E-state index in [1.54, 1.807) is 0 Å². The largest absolute Gasteiger partial charge is 0.381 e. The van der Waals surface area contributed by atoms with Gasteiger partial charge in [-0.25, -0.2) is 4.39 Å². The van der Waals surface area contributed by atoms with Crippen LogP contribution in [0.15, 0.2) is 34.8 Å². The fourth-order valence-electron chi connectivity index (χ4n) is 0.909. The molecule has 0 radical (unpaired) electrons. The number of nitrogens with one attached hydrogen (secondary N) is 1. The van der Waals surface area contributed by atoms with Crippen molar-refractivity contribution in [2.24, 2.45) is 0 Å². The zero-order valence-electron chi connectivity index (χ0n) is 7.40. The van der Waals surface area contributed by atoms with E-state index in [4.69, 9.17) is 0 Å². The van der Waals surface area contributed by atoms with E-state index in [0.29, 0.717) is 6.54 Å². The van der Waals surface area contributed by atoms with Gasteiger partial charge in [-0.2, -0.15) is 0 Å². The second-order valence-electron chi connectivity index (χ2n) is 2.97. The first-order valence-corrected chi connectivity index (χ1v) is 4.71. The van der Waals surface area contributed by atoms with E-state index in [-0.39, 0.29) is 5.82 Å². The van der Waals surface area contributed by atoms with Crippen LogP contribution >= 0.6 is 15.9 Å². The molecule has 1 nitrogen and oxygen atoms in total. The van der Waals surface area contributed by atoms with Crippen molar-refractivity contribution in [1.29, 1.82) is 0 Å². The Morgan fingerprint density at radius 2 is 2.23 bits per heavy atom. The van der Waals surface area contributed by atoms with Crippen LogP contribution in [-0.4, -0.2) is 6.54 Å². The van der Waals surface area contributed by atoms with Gasteiger partial charge in [0.05, 0.1) is 0 Å². The molecule has 0 amide bonds. The van der Waals surface area contributed by atoms with Gasteiger partial charge in [-0.05, 0) is 25.1 Å². The van der Waals surface area contributed by atoms with Gasteiger partial charge in [0.1, 0.15) is 5.82 Å². The van der Waals surface area contributed by atoms with Gasteiger partial charge in [0.25, 0.3) is 0 Å². The summed E-state index contributed by atoms with van der Waals surface area (Å²) < 4.78 is 13.6. The predicted molar refractivity (Wildman–Crippen MR) is 57.4 cm³/mol. The third-order valence-electron chi connectivity index (χ3n) is 1.46. The Hall–Kier alpha value is -0.830. The Kier molecular flexibility index (Phi) is 3.48. The quantitative estimate of drug-likeness (QED) is 0.801. The topological polar surface area (TPSA) is 12.0 Å². The van der Waals surface area contributed by atoms with Crippen molar-refractivity contribution in [2.45, 2.75) is 6.92 Å². The van der Waals surface area contributed by atoms with Crippen LogP contribution in [0, 0.1) is 5.82 Å². The van der Waals surface area contributed by atoms with Gasteiger partial charge in [0, 0.05) is 16.7 Å². The highest BCUT2D eigenvalue weighted by Crippen LogP contribution is 2.18. The Balaban J connectivity index is 2.71. The highest BCUT2D eigenvalue weighted by molar-refractivity contribution is 9.10. The van der Waals surface area contributed by atoms with Crippen molar-refractivity contribution in [2.75, 3.05) is 11.9 Å². The molecule has 0 aliphatic rings. The van der Waals surface area contributed by atoms with E-state index < -0.39 is 0 Å². The minimum atomic E-state index is -0.251. The Morgan fingerprint density at radius 1 is 1.54 bits per heavy atom. The summed E-state index contributed by atoms with van der Waals surface area (Å²) in [6.07, 6.45) is 0. The molecule has 0 atom stereocenters. The lowest BCUT2D eigenvalue weighted by Gasteiger charge is -2.06. The van der Waals surface area contributed by atoms with Crippen LogP contribution in [0.4, 0.5) is 10.1 Å². The molecule has 0 saturated carbocycles. The molecular formula is C10H11BrFN. The van der Waals surface area contributed by atoms with E-state index in [9.17, 15) is 4.39 Å². The van der Waals surface area contributed by atoms with Gasteiger partial charge in [-0.3, -0.25) is 0 Å². The summed E-state index contributed by atoms with van der Waals surface area (Å²) in [7, 11) is 0. The van der Waals surface area contributed by atoms with Gasteiger partial charge < -0.3 is 5.32 Å². The number of hydrogen-bond donors (Lipinski definition) is 1. The van der Waals surface area contributed by atoms with Crippen molar-refractivity contribution in [3.8, 4) is 0 Å². The highest BCUT2D eigenvalue weighted by Gasteiger charge is 1.97. The summed E-state index contributed by atoms with van der Waals surface area (Å²) >= 11 is 3.22. The fraction of sp³-hybridized carbons (Fsp3) is 0.200. The van der Waals surface area contributed by atoms with E-state index >= 15 is 0 Å². The normalized spacial score (nSPS) is 9.77. The maximum atomic E-state index is 12.9. The van der Waals surface area contributed by atoms with E-state index in [1.165, 1.54) is 12.1 Å². The maximum absolute atomic E-state index is 12.9. The molecule has 0 unspecified atom stereocenters. The number of hydrogen-bond acceptors (Lipinski definition) is 1. The monoisotopic (exact) mass is 243 g/mol.